The number of fused-ring (bicyclic) bond motifs is 20. The van der Waals surface area contributed by atoms with Crippen LogP contribution in [0, 0.1) is 71.0 Å². The van der Waals surface area contributed by atoms with E-state index in [-0.39, 0.29) is 17.1 Å². The van der Waals surface area contributed by atoms with Crippen molar-refractivity contribution in [2.75, 3.05) is 0 Å². The molecule has 9 rings (SSSR count). The molecule has 0 amide bonds. The molecule has 9 heteroatoms. The van der Waals surface area contributed by atoms with Gasteiger partial charge in [-0.3, -0.25) is 42.5 Å². The molecule has 9 aliphatic rings. The third kappa shape index (κ3) is 14.1. The van der Waals surface area contributed by atoms with Gasteiger partial charge in [-0.1, -0.05) is 51.4 Å². The molecule has 0 spiro atoms. The first-order valence-corrected chi connectivity index (χ1v) is 23.9. The number of nitrogens with one attached hydrogen (secondary N) is 8. The van der Waals surface area contributed by atoms with Crippen molar-refractivity contribution >= 4 is 0 Å². The van der Waals surface area contributed by atoms with E-state index in [2.05, 4.69) is 126 Å². The molecule has 4 saturated carbocycles. The zero-order valence-electron chi connectivity index (χ0n) is 38.9. The van der Waals surface area contributed by atoms with Crippen LogP contribution in [0.5, 0.6) is 0 Å². The van der Waals surface area contributed by atoms with Gasteiger partial charge >= 0.3 is 0 Å². The summed E-state index contributed by atoms with van der Waals surface area (Å²) in [5.74, 6) is 11.6. The molecule has 5 heterocycles. The van der Waals surface area contributed by atoms with Crippen LogP contribution in [0.25, 0.3) is 0 Å². The second-order valence-electron chi connectivity index (χ2n) is 21.6. The van der Waals surface area contributed by atoms with Gasteiger partial charge in [-0.15, -0.1) is 0 Å². The van der Waals surface area contributed by atoms with Crippen molar-refractivity contribution in [1.82, 2.24) is 42.5 Å². The third-order valence-corrected chi connectivity index (χ3v) is 13.8. The Labute approximate surface area is 364 Å². The third-order valence-electron chi connectivity index (χ3n) is 13.8. The second kappa shape index (κ2) is 24.2. The fourth-order valence-corrected chi connectivity index (χ4v) is 12.0. The zero-order chi connectivity index (χ0) is 40.5. The molecule has 0 aromatic heterocycles. The topological polar surface area (TPSA) is 96.2 Å². The second-order valence-corrected chi connectivity index (χ2v) is 21.6. The van der Waals surface area contributed by atoms with Crippen LogP contribution in [0.1, 0.15) is 186 Å². The molecule has 0 aromatic carbocycles. The summed E-state index contributed by atoms with van der Waals surface area (Å²) in [4.78, 5) is 0. The van der Waals surface area contributed by atoms with Crippen LogP contribution in [0.3, 0.4) is 0 Å². The molecule has 4 aliphatic carbocycles. The summed E-state index contributed by atoms with van der Waals surface area (Å²) in [7, 11) is 0. The fraction of sp³-hybridized carbons (Fsp3) is 0.917. The monoisotopic (exact) mass is 844 g/mol. The first-order chi connectivity index (χ1) is 26.7. The van der Waals surface area contributed by atoms with Gasteiger partial charge in [0.15, 0.2) is 0 Å². The average molecular weight is 845 g/mol. The number of hydrogen-bond acceptors (Lipinski definition) is 8. The van der Waals surface area contributed by atoms with Gasteiger partial charge in [-0.2, -0.15) is 83.1 Å². The van der Waals surface area contributed by atoms with Gasteiger partial charge in [-0.05, 0) is 98.7 Å². The van der Waals surface area contributed by atoms with E-state index in [1.807, 2.05) is 0 Å². The summed E-state index contributed by atoms with van der Waals surface area (Å²) < 4.78 is 0. The quantitative estimate of drug-likeness (QED) is 0.0905. The minimum Gasteiger partial charge on any atom is -0.323 e. The molecular weight excluding hydrogens is 752 g/mol. The van der Waals surface area contributed by atoms with Gasteiger partial charge in [-0.25, -0.2) is 0 Å². The molecule has 5 aliphatic heterocycles. The van der Waals surface area contributed by atoms with Crippen molar-refractivity contribution in [3.05, 3.63) is 23.7 Å². The Hall–Kier alpha value is 0.199. The van der Waals surface area contributed by atoms with Gasteiger partial charge < -0.3 is 23.7 Å². The molecule has 5 saturated heterocycles. The predicted molar refractivity (Wildman–Crippen MR) is 238 cm³/mol. The molecule has 9 fully saturated rings. The molecule has 57 heavy (non-hydrogen) atoms. The maximum absolute atomic E-state index is 4.26. The minimum atomic E-state index is 0. The van der Waals surface area contributed by atoms with Crippen LogP contribution in [-0.2, 0) is 17.1 Å². The van der Waals surface area contributed by atoms with E-state index in [0.717, 1.165) is 47.3 Å². The first-order valence-electron chi connectivity index (χ1n) is 23.9. The smallest absolute Gasteiger partial charge is 0.0628 e. The van der Waals surface area contributed by atoms with E-state index in [1.54, 1.807) is 0 Å². The predicted octanol–water partition coefficient (Wildman–Crippen LogP) is 9.09. The van der Waals surface area contributed by atoms with E-state index in [9.17, 15) is 0 Å². The summed E-state index contributed by atoms with van der Waals surface area (Å²) in [6.07, 6.45) is 25.6. The molecule has 0 aromatic rings. The van der Waals surface area contributed by atoms with Crippen molar-refractivity contribution in [3.63, 3.8) is 0 Å². The van der Waals surface area contributed by atoms with Gasteiger partial charge in [0, 0.05) is 17.1 Å². The molecule has 339 valence electrons. The molecule has 8 unspecified atom stereocenters. The summed E-state index contributed by atoms with van der Waals surface area (Å²) in [5.41, 5.74) is 0. The molecule has 8 N–H and O–H groups in total. The summed E-state index contributed by atoms with van der Waals surface area (Å²) in [6.45, 7) is 25.0. The van der Waals surface area contributed by atoms with Crippen LogP contribution < -0.4 is 42.5 Å². The van der Waals surface area contributed by atoms with Crippen LogP contribution in [0.15, 0.2) is 0 Å². The molecule has 8 bridgehead atoms. The molecule has 1 radical (unpaired) electrons. The van der Waals surface area contributed by atoms with E-state index in [0.29, 0.717) is 49.3 Å². The summed E-state index contributed by atoms with van der Waals surface area (Å²) in [5, 5.41) is 33.8. The van der Waals surface area contributed by atoms with Crippen LogP contribution in [0.2, 0.25) is 0 Å². The standard InChI is InChI=1S/C32H56N8.4C4H9.Cu/c1-2-10-18-17(9-1)25-33-26(18)38-28-21-13-5-6-14-22(21)30(35-28)40-32-24-16-8-7-15-23(24)31(36-32)39-29-20-12-4-3-11-19(20)27(34-29)37-25;4*1-4(2)3;/h17-40H,1-16H2;4*1-3H3;/q;4*-1;. The van der Waals surface area contributed by atoms with E-state index >= 15 is 0 Å². The van der Waals surface area contributed by atoms with Crippen molar-refractivity contribution < 1.29 is 17.1 Å². The normalized spacial score (nSPS) is 42.9. The summed E-state index contributed by atoms with van der Waals surface area (Å²) >= 11 is 0. The van der Waals surface area contributed by atoms with Crippen LogP contribution in [0.4, 0.5) is 0 Å². The molecule has 8 nitrogen and oxygen atoms in total. The number of rotatable bonds is 0. The zero-order valence-corrected chi connectivity index (χ0v) is 39.8. The Morgan fingerprint density at radius 2 is 0.316 bits per heavy atom. The van der Waals surface area contributed by atoms with Gasteiger partial charge in [0.25, 0.3) is 0 Å². The van der Waals surface area contributed by atoms with Gasteiger partial charge in [0.1, 0.15) is 0 Å². The molecular formula is C48H92CuN8-4. The van der Waals surface area contributed by atoms with Gasteiger partial charge in [0.05, 0.1) is 49.3 Å². The maximum Gasteiger partial charge on any atom is 0.0628 e. The summed E-state index contributed by atoms with van der Waals surface area (Å²) in [6, 6.07) is 0. The minimum absolute atomic E-state index is 0. The fourth-order valence-electron chi connectivity index (χ4n) is 12.0. The Bertz CT molecular complexity index is 863. The average Bonchev–Trinajstić information content (AvgIpc) is 3.87. The SMILES string of the molecule is C1CCC2C3NC(NC4NC(NC5NC(NC6NC(N3)C3CCCCC63)C3CCCCC53)C3CCCCC43)C2C1.C[C-](C)C.C[C-](C)C.C[C-](C)C.C[C-](C)C.[Cu]. The van der Waals surface area contributed by atoms with Crippen LogP contribution >= 0.6 is 0 Å². The van der Waals surface area contributed by atoms with Crippen molar-refractivity contribution in [2.45, 2.75) is 235 Å². The maximum atomic E-state index is 4.26. The largest absolute Gasteiger partial charge is 0.323 e. The Morgan fingerprint density at radius 3 is 0.404 bits per heavy atom. The first kappa shape index (κ1) is 49.9. The molecule has 8 atom stereocenters. The Kier molecular flexibility index (Phi) is 21.1. The Balaban J connectivity index is 0.000000366. The van der Waals surface area contributed by atoms with E-state index in [4.69, 9.17) is 0 Å². The van der Waals surface area contributed by atoms with Gasteiger partial charge in [0.2, 0.25) is 0 Å². The van der Waals surface area contributed by atoms with Crippen LogP contribution in [-0.4, -0.2) is 49.3 Å². The Morgan fingerprint density at radius 1 is 0.228 bits per heavy atom. The van der Waals surface area contributed by atoms with Crippen molar-refractivity contribution in [1.29, 1.82) is 0 Å². The van der Waals surface area contributed by atoms with E-state index in [1.165, 1.54) is 126 Å². The van der Waals surface area contributed by atoms with Crippen molar-refractivity contribution in [3.8, 4) is 0 Å². The van der Waals surface area contributed by atoms with E-state index < -0.39 is 0 Å². The number of hydrogen-bond donors (Lipinski definition) is 8. The van der Waals surface area contributed by atoms with Crippen molar-refractivity contribution in [2.24, 2.45) is 47.3 Å².